The first kappa shape index (κ1) is 21.2. The highest BCUT2D eigenvalue weighted by Gasteiger charge is 2.51. The third-order valence-corrected chi connectivity index (χ3v) is 8.68. The Hall–Kier alpha value is -1.68. The molecule has 0 bridgehead atoms. The third-order valence-electron chi connectivity index (χ3n) is 6.55. The molecule has 2 aliphatic rings. The Morgan fingerprint density at radius 2 is 1.97 bits per heavy atom. The minimum Gasteiger partial charge on any atom is -0.598 e. The summed E-state index contributed by atoms with van der Waals surface area (Å²) in [5, 5.41) is 0. The van der Waals surface area contributed by atoms with Gasteiger partial charge in [-0.3, -0.25) is 9.38 Å². The van der Waals surface area contributed by atoms with Crippen LogP contribution < -0.4 is 9.62 Å². The van der Waals surface area contributed by atoms with Crippen LogP contribution >= 0.6 is 15.9 Å². The molecule has 1 fully saturated rings. The molecule has 0 radical (unpaired) electrons. The second-order valence-corrected chi connectivity index (χ2v) is 12.4. The van der Waals surface area contributed by atoms with Crippen molar-refractivity contribution < 1.29 is 4.55 Å². The fourth-order valence-corrected chi connectivity index (χ4v) is 6.17. The summed E-state index contributed by atoms with van der Waals surface area (Å²) in [6.07, 6.45) is 10.3. The molecule has 1 unspecified atom stereocenters. The van der Waals surface area contributed by atoms with Crippen LogP contribution in [0.3, 0.4) is 0 Å². The topological polar surface area (TPSA) is 81.4 Å². The zero-order chi connectivity index (χ0) is 21.8. The van der Waals surface area contributed by atoms with Crippen molar-refractivity contribution in [2.75, 3.05) is 18.0 Å². The van der Waals surface area contributed by atoms with Crippen LogP contribution in [0.1, 0.15) is 50.9 Å². The maximum absolute atomic E-state index is 13.0. The number of fused-ring (bicyclic) bond motifs is 2. The van der Waals surface area contributed by atoms with Crippen molar-refractivity contribution in [2.24, 2.45) is 5.41 Å². The number of halogens is 1. The SMILES string of the molecule is CC(C)(C)[S+]([O-])N[C@H]1c2cccnc2CC12CCN(c1ncc(Br)c3nccn13)CC2. The molecule has 4 heterocycles. The highest BCUT2D eigenvalue weighted by Crippen LogP contribution is 2.52. The van der Waals surface area contributed by atoms with Gasteiger partial charge in [0.15, 0.2) is 5.65 Å². The normalized spacial score (nSPS) is 21.6. The number of anilines is 1. The van der Waals surface area contributed by atoms with Gasteiger partial charge in [0.1, 0.15) is 4.75 Å². The predicted octanol–water partition coefficient (Wildman–Crippen LogP) is 3.82. The number of nitrogens with zero attached hydrogens (tertiary/aromatic N) is 5. The largest absolute Gasteiger partial charge is 0.598 e. The van der Waals surface area contributed by atoms with Crippen molar-refractivity contribution in [3.63, 3.8) is 0 Å². The van der Waals surface area contributed by atoms with Crippen LogP contribution in [-0.2, 0) is 17.8 Å². The number of rotatable bonds is 3. The van der Waals surface area contributed by atoms with Gasteiger partial charge in [0.2, 0.25) is 5.95 Å². The Labute approximate surface area is 194 Å². The second kappa shape index (κ2) is 7.72. The number of imidazole rings is 1. The van der Waals surface area contributed by atoms with Crippen LogP contribution in [0.5, 0.6) is 0 Å². The van der Waals surface area contributed by atoms with E-state index >= 15 is 0 Å². The Morgan fingerprint density at radius 1 is 1.19 bits per heavy atom. The molecule has 0 aromatic carbocycles. The highest BCUT2D eigenvalue weighted by molar-refractivity contribution is 9.10. The zero-order valence-electron chi connectivity index (χ0n) is 18.0. The van der Waals surface area contributed by atoms with Gasteiger partial charge >= 0.3 is 0 Å². The van der Waals surface area contributed by atoms with Crippen molar-refractivity contribution >= 4 is 38.9 Å². The van der Waals surface area contributed by atoms with Gasteiger partial charge in [0.25, 0.3) is 0 Å². The van der Waals surface area contributed by atoms with Crippen LogP contribution in [0, 0.1) is 5.41 Å². The Balaban J connectivity index is 1.42. The van der Waals surface area contributed by atoms with Gasteiger partial charge < -0.3 is 9.45 Å². The van der Waals surface area contributed by atoms with E-state index in [2.05, 4.69) is 46.6 Å². The molecule has 164 valence electrons. The smallest absolute Gasteiger partial charge is 0.211 e. The summed E-state index contributed by atoms with van der Waals surface area (Å²) in [5.41, 5.74) is 3.23. The summed E-state index contributed by atoms with van der Waals surface area (Å²) >= 11 is 2.39. The standard InChI is InChI=1S/C22H27BrN6OS/c1-21(2,3)31(30)27-18-15-5-4-8-24-17(15)13-22(18)6-10-28(11-7-22)20-26-14-16(23)19-25-9-12-29(19)20/h4-5,8-9,12,14,18,27H,6-7,10-11,13H2,1-3H3/t18-,31?/m0/s1. The maximum atomic E-state index is 13.0. The van der Waals surface area contributed by atoms with E-state index in [9.17, 15) is 4.55 Å². The van der Waals surface area contributed by atoms with Crippen LogP contribution in [0.25, 0.3) is 5.65 Å². The number of aromatic nitrogens is 4. The molecule has 7 nitrogen and oxygen atoms in total. The lowest BCUT2D eigenvalue weighted by Gasteiger charge is -2.44. The lowest BCUT2D eigenvalue weighted by molar-refractivity contribution is 0.175. The zero-order valence-corrected chi connectivity index (χ0v) is 20.4. The number of piperidine rings is 1. The summed E-state index contributed by atoms with van der Waals surface area (Å²) in [5.74, 6) is 0.918. The molecule has 1 saturated heterocycles. The minimum atomic E-state index is -1.14. The van der Waals surface area contributed by atoms with E-state index in [0.29, 0.717) is 0 Å². The molecule has 31 heavy (non-hydrogen) atoms. The first-order valence-corrected chi connectivity index (χ1v) is 12.6. The van der Waals surface area contributed by atoms with Gasteiger partial charge in [-0.25, -0.2) is 9.97 Å². The van der Waals surface area contributed by atoms with Gasteiger partial charge in [-0.1, -0.05) is 6.07 Å². The molecule has 0 saturated carbocycles. The van der Waals surface area contributed by atoms with Crippen molar-refractivity contribution in [1.82, 2.24) is 24.1 Å². The number of pyridine rings is 1. The number of hydrogen-bond acceptors (Lipinski definition) is 6. The molecule has 5 rings (SSSR count). The van der Waals surface area contributed by atoms with E-state index in [1.165, 1.54) is 5.56 Å². The van der Waals surface area contributed by atoms with Crippen LogP contribution in [0.15, 0.2) is 41.4 Å². The van der Waals surface area contributed by atoms with Gasteiger partial charge in [-0.05, 0) is 67.6 Å². The van der Waals surface area contributed by atoms with E-state index in [4.69, 9.17) is 0 Å². The summed E-state index contributed by atoms with van der Waals surface area (Å²) in [4.78, 5) is 16.1. The van der Waals surface area contributed by atoms with E-state index in [0.717, 1.165) is 54.1 Å². The van der Waals surface area contributed by atoms with E-state index in [-0.39, 0.29) is 16.2 Å². The van der Waals surface area contributed by atoms with Gasteiger partial charge in [-0.2, -0.15) is 0 Å². The summed E-state index contributed by atoms with van der Waals surface area (Å²) in [7, 11) is 0. The second-order valence-electron chi connectivity index (χ2n) is 9.52. The van der Waals surface area contributed by atoms with Crippen molar-refractivity contribution in [3.8, 4) is 0 Å². The lowest BCUT2D eigenvalue weighted by Crippen LogP contribution is -2.50. The average Bonchev–Trinajstić information content (AvgIpc) is 3.33. The maximum Gasteiger partial charge on any atom is 0.211 e. The van der Waals surface area contributed by atoms with E-state index in [1.807, 2.05) is 49.8 Å². The summed E-state index contributed by atoms with van der Waals surface area (Å²) in [6.45, 7) is 7.81. The molecular formula is C22H27BrN6OS. The molecule has 1 N–H and O–H groups in total. The molecule has 3 aromatic heterocycles. The van der Waals surface area contributed by atoms with E-state index in [1.54, 1.807) is 6.20 Å². The quantitative estimate of drug-likeness (QED) is 0.548. The molecule has 1 spiro atoms. The van der Waals surface area contributed by atoms with Crippen molar-refractivity contribution in [2.45, 2.75) is 50.8 Å². The number of hydrogen-bond donors (Lipinski definition) is 1. The lowest BCUT2D eigenvalue weighted by atomic mass is 9.73. The van der Waals surface area contributed by atoms with Crippen LogP contribution in [0.2, 0.25) is 0 Å². The monoisotopic (exact) mass is 502 g/mol. The van der Waals surface area contributed by atoms with Gasteiger partial charge in [0, 0.05) is 60.3 Å². The van der Waals surface area contributed by atoms with Crippen molar-refractivity contribution in [1.29, 1.82) is 0 Å². The Bertz CT molecular complexity index is 1100. The molecule has 2 atom stereocenters. The molecule has 3 aromatic rings. The third kappa shape index (κ3) is 3.65. The van der Waals surface area contributed by atoms with Crippen molar-refractivity contribution in [3.05, 3.63) is 52.7 Å². The summed E-state index contributed by atoms with van der Waals surface area (Å²) < 4.78 is 19.1. The average molecular weight is 503 g/mol. The molecule has 1 aliphatic heterocycles. The van der Waals surface area contributed by atoms with Crippen LogP contribution in [0.4, 0.5) is 5.95 Å². The fraction of sp³-hybridized carbons (Fsp3) is 0.500. The summed E-state index contributed by atoms with van der Waals surface area (Å²) in [6, 6.07) is 4.18. The fourth-order valence-electron chi connectivity index (χ4n) is 4.83. The molecule has 9 heteroatoms. The molecular weight excluding hydrogens is 476 g/mol. The van der Waals surface area contributed by atoms with Gasteiger partial charge in [-0.15, -0.1) is 4.72 Å². The molecule has 0 amide bonds. The van der Waals surface area contributed by atoms with Gasteiger partial charge in [0.05, 0.1) is 10.5 Å². The highest BCUT2D eigenvalue weighted by atomic mass is 79.9. The Kier molecular flexibility index (Phi) is 5.28. The minimum absolute atomic E-state index is 0.0114. The van der Waals surface area contributed by atoms with E-state index < -0.39 is 11.4 Å². The molecule has 1 aliphatic carbocycles. The first-order valence-electron chi connectivity index (χ1n) is 10.6. The first-order chi connectivity index (χ1) is 14.8. The predicted molar refractivity (Wildman–Crippen MR) is 126 cm³/mol. The Morgan fingerprint density at radius 3 is 2.71 bits per heavy atom. The number of nitrogens with one attached hydrogen (secondary N) is 1. The van der Waals surface area contributed by atoms with Crippen LogP contribution in [-0.4, -0.2) is 41.7 Å².